The molecule has 0 spiro atoms. The summed E-state index contributed by atoms with van der Waals surface area (Å²) in [7, 11) is 3.29. The maximum atomic E-state index is 12.5. The lowest BCUT2D eigenvalue weighted by molar-refractivity contribution is -0.137. The molecule has 0 atom stereocenters. The highest BCUT2D eigenvalue weighted by molar-refractivity contribution is 5.84. The van der Waals surface area contributed by atoms with Gasteiger partial charge in [-0.2, -0.15) is 0 Å². The highest BCUT2D eigenvalue weighted by atomic mass is 16.4. The summed E-state index contributed by atoms with van der Waals surface area (Å²) in [5.74, 6) is -1.01. The summed E-state index contributed by atoms with van der Waals surface area (Å²) >= 11 is 0. The highest BCUT2D eigenvalue weighted by Crippen LogP contribution is 2.07. The average molecular weight is 301 g/mol. The van der Waals surface area contributed by atoms with Gasteiger partial charge in [-0.25, -0.2) is 4.79 Å². The Hall–Kier alpha value is -1.79. The summed E-state index contributed by atoms with van der Waals surface area (Å²) in [4.78, 5) is 39.3. The van der Waals surface area contributed by atoms with Crippen molar-refractivity contribution in [3.8, 4) is 0 Å². The van der Waals surface area contributed by atoms with Gasteiger partial charge in [-0.1, -0.05) is 0 Å². The number of amides is 3. The number of aliphatic carboxylic acids is 1. The first-order valence-corrected chi connectivity index (χ1v) is 7.18. The van der Waals surface area contributed by atoms with Crippen LogP contribution in [0.25, 0.3) is 0 Å². The number of carboxylic acid groups (broad SMARTS) is 1. The van der Waals surface area contributed by atoms with E-state index in [1.807, 2.05) is 20.8 Å². The Bertz CT molecular complexity index is 369. The molecular formula is C14H27N3O4. The monoisotopic (exact) mass is 301 g/mol. The van der Waals surface area contributed by atoms with Crippen molar-refractivity contribution in [3.05, 3.63) is 0 Å². The molecule has 1 N–H and O–H groups in total. The summed E-state index contributed by atoms with van der Waals surface area (Å²) in [6.07, 6.45) is 0.428. The summed E-state index contributed by atoms with van der Waals surface area (Å²) in [6, 6.07) is -0.275. The predicted octanol–water partition coefficient (Wildman–Crippen LogP) is 1.09. The van der Waals surface area contributed by atoms with Crippen molar-refractivity contribution in [3.63, 3.8) is 0 Å². The van der Waals surface area contributed by atoms with Crippen LogP contribution in [0.5, 0.6) is 0 Å². The summed E-state index contributed by atoms with van der Waals surface area (Å²) in [5, 5.41) is 8.67. The quantitative estimate of drug-likeness (QED) is 0.727. The second kappa shape index (κ2) is 9.20. The lowest BCUT2D eigenvalue weighted by Crippen LogP contribution is -2.49. The van der Waals surface area contributed by atoms with Gasteiger partial charge in [0.1, 0.15) is 6.54 Å². The lowest BCUT2D eigenvalue weighted by atomic mass is 10.2. The van der Waals surface area contributed by atoms with Crippen molar-refractivity contribution in [2.24, 2.45) is 0 Å². The minimum atomic E-state index is -0.874. The molecule has 0 aliphatic rings. The normalized spacial score (nSPS) is 10.4. The van der Waals surface area contributed by atoms with E-state index in [9.17, 15) is 14.4 Å². The van der Waals surface area contributed by atoms with Crippen LogP contribution in [0, 0.1) is 0 Å². The van der Waals surface area contributed by atoms with Gasteiger partial charge in [0.15, 0.2) is 0 Å². The Balaban J connectivity index is 4.74. The first-order chi connectivity index (χ1) is 9.70. The highest BCUT2D eigenvalue weighted by Gasteiger charge is 2.24. The van der Waals surface area contributed by atoms with Gasteiger partial charge in [-0.15, -0.1) is 0 Å². The molecule has 0 aliphatic carbocycles. The van der Waals surface area contributed by atoms with Crippen molar-refractivity contribution in [1.29, 1.82) is 0 Å². The average Bonchev–Trinajstić information content (AvgIpc) is 2.38. The fraction of sp³-hybridized carbons (Fsp3) is 0.786. The van der Waals surface area contributed by atoms with Crippen LogP contribution in [0.15, 0.2) is 0 Å². The molecule has 0 aromatic heterocycles. The number of urea groups is 1. The molecule has 0 saturated carbocycles. The maximum Gasteiger partial charge on any atom is 0.320 e. The minimum absolute atomic E-state index is 0.0270. The number of hydrogen-bond acceptors (Lipinski definition) is 3. The Morgan fingerprint density at radius 3 is 2.10 bits per heavy atom. The molecule has 0 radical (unpaired) electrons. The third kappa shape index (κ3) is 6.97. The van der Waals surface area contributed by atoms with Crippen molar-refractivity contribution in [2.45, 2.75) is 39.7 Å². The van der Waals surface area contributed by atoms with E-state index in [1.54, 1.807) is 19.0 Å². The van der Waals surface area contributed by atoms with Gasteiger partial charge in [-0.05, 0) is 27.2 Å². The molecule has 3 amide bonds. The number of carbonyl (C=O) groups excluding carboxylic acids is 2. The molecular weight excluding hydrogens is 274 g/mol. The minimum Gasteiger partial charge on any atom is -0.481 e. The molecule has 7 nitrogen and oxygen atoms in total. The molecule has 0 aromatic carbocycles. The van der Waals surface area contributed by atoms with Crippen molar-refractivity contribution in [1.82, 2.24) is 14.7 Å². The summed E-state index contributed by atoms with van der Waals surface area (Å²) < 4.78 is 0. The number of nitrogens with zero attached hydrogens (tertiary/aromatic N) is 3. The van der Waals surface area contributed by atoms with Gasteiger partial charge >= 0.3 is 12.0 Å². The van der Waals surface area contributed by atoms with Crippen LogP contribution < -0.4 is 0 Å². The first kappa shape index (κ1) is 19.2. The van der Waals surface area contributed by atoms with E-state index >= 15 is 0 Å². The summed E-state index contributed by atoms with van der Waals surface area (Å²) in [5.41, 5.74) is 0. The number of carboxylic acids is 1. The fourth-order valence-electron chi connectivity index (χ4n) is 1.78. The van der Waals surface area contributed by atoms with E-state index in [2.05, 4.69) is 0 Å². The second-order valence-corrected chi connectivity index (χ2v) is 5.37. The van der Waals surface area contributed by atoms with Crippen molar-refractivity contribution in [2.75, 3.05) is 33.7 Å². The Labute approximate surface area is 126 Å². The Morgan fingerprint density at radius 2 is 1.71 bits per heavy atom. The number of likely N-dealkylation sites (N-methyl/N-ethyl adjacent to an activating group) is 2. The molecule has 122 valence electrons. The van der Waals surface area contributed by atoms with Gasteiger partial charge in [0.05, 0.1) is 0 Å². The van der Waals surface area contributed by atoms with Crippen LogP contribution in [0.3, 0.4) is 0 Å². The lowest BCUT2D eigenvalue weighted by Gasteiger charge is -2.33. The zero-order valence-corrected chi connectivity index (χ0v) is 13.6. The number of hydrogen-bond donors (Lipinski definition) is 1. The van der Waals surface area contributed by atoms with Gasteiger partial charge in [0.2, 0.25) is 5.91 Å². The molecule has 0 aliphatic heterocycles. The zero-order valence-electron chi connectivity index (χ0n) is 13.6. The molecule has 0 unspecified atom stereocenters. The number of carbonyl (C=O) groups is 3. The third-order valence-electron chi connectivity index (χ3n) is 3.14. The van der Waals surface area contributed by atoms with E-state index in [1.165, 1.54) is 9.80 Å². The van der Waals surface area contributed by atoms with Gasteiger partial charge in [-0.3, -0.25) is 9.59 Å². The van der Waals surface area contributed by atoms with E-state index < -0.39 is 5.97 Å². The number of rotatable bonds is 8. The van der Waals surface area contributed by atoms with E-state index in [4.69, 9.17) is 5.11 Å². The Morgan fingerprint density at radius 1 is 1.14 bits per heavy atom. The fourth-order valence-corrected chi connectivity index (χ4v) is 1.78. The van der Waals surface area contributed by atoms with Crippen LogP contribution in [0.4, 0.5) is 4.79 Å². The van der Waals surface area contributed by atoms with E-state index in [0.29, 0.717) is 19.5 Å². The molecule has 0 rings (SSSR count). The zero-order chi connectivity index (χ0) is 16.6. The molecule has 21 heavy (non-hydrogen) atoms. The van der Waals surface area contributed by atoms with Crippen LogP contribution in [0.2, 0.25) is 0 Å². The van der Waals surface area contributed by atoms with Crippen LogP contribution >= 0.6 is 0 Å². The predicted molar refractivity (Wildman–Crippen MR) is 80.0 cm³/mol. The van der Waals surface area contributed by atoms with Crippen LogP contribution in [0.1, 0.15) is 33.6 Å². The van der Waals surface area contributed by atoms with E-state index in [-0.39, 0.29) is 30.9 Å². The SMILES string of the molecule is CCN(CC(=O)N(C)C)C(=O)N(CCCC(=O)O)C(C)C. The second-order valence-electron chi connectivity index (χ2n) is 5.37. The van der Waals surface area contributed by atoms with Gasteiger partial charge < -0.3 is 19.8 Å². The Kier molecular flexibility index (Phi) is 8.42. The standard InChI is InChI=1S/C14H27N3O4/c1-6-16(10-12(18)15(4)5)14(21)17(11(2)3)9-7-8-13(19)20/h11H,6-10H2,1-5H3,(H,19,20). The molecule has 0 fully saturated rings. The molecule has 7 heteroatoms. The van der Waals surface area contributed by atoms with Crippen LogP contribution in [-0.4, -0.2) is 77.5 Å². The first-order valence-electron chi connectivity index (χ1n) is 7.18. The van der Waals surface area contributed by atoms with Gasteiger partial charge in [0.25, 0.3) is 0 Å². The van der Waals surface area contributed by atoms with Gasteiger partial charge in [0, 0.05) is 39.6 Å². The largest absolute Gasteiger partial charge is 0.481 e. The maximum absolute atomic E-state index is 12.5. The third-order valence-corrected chi connectivity index (χ3v) is 3.14. The van der Waals surface area contributed by atoms with E-state index in [0.717, 1.165) is 0 Å². The molecule has 0 aromatic rings. The molecule has 0 saturated heterocycles. The molecule has 0 heterocycles. The van der Waals surface area contributed by atoms with Crippen molar-refractivity contribution < 1.29 is 19.5 Å². The smallest absolute Gasteiger partial charge is 0.320 e. The van der Waals surface area contributed by atoms with Crippen molar-refractivity contribution >= 4 is 17.9 Å². The molecule has 0 bridgehead atoms. The van der Waals surface area contributed by atoms with Crippen LogP contribution in [-0.2, 0) is 9.59 Å². The topological polar surface area (TPSA) is 81.2 Å². The summed E-state index contributed by atoms with van der Waals surface area (Å²) in [6.45, 7) is 6.40.